The summed E-state index contributed by atoms with van der Waals surface area (Å²) in [6.07, 6.45) is 5.03. The van der Waals surface area contributed by atoms with Crippen LogP contribution < -0.4 is 0 Å². The van der Waals surface area contributed by atoms with E-state index < -0.39 is 10.0 Å². The zero-order valence-electron chi connectivity index (χ0n) is 8.10. The molecule has 1 aliphatic heterocycles. The maximum atomic E-state index is 11.6. The summed E-state index contributed by atoms with van der Waals surface area (Å²) >= 11 is 0. The molecule has 1 aliphatic rings. The van der Waals surface area contributed by atoms with Crippen LogP contribution in [0.5, 0.6) is 0 Å². The van der Waals surface area contributed by atoms with Crippen molar-refractivity contribution < 1.29 is 8.42 Å². The molecule has 1 heterocycles. The summed E-state index contributed by atoms with van der Waals surface area (Å²) in [7, 11) is -1.20. The van der Waals surface area contributed by atoms with Gasteiger partial charge in [-0.3, -0.25) is 4.31 Å². The van der Waals surface area contributed by atoms with Crippen molar-refractivity contribution in [2.24, 2.45) is 0 Å². The minimum atomic E-state index is -3.05. The molecule has 0 aromatic rings. The summed E-state index contributed by atoms with van der Waals surface area (Å²) in [6.45, 7) is 2.44. The zero-order valence-corrected chi connectivity index (χ0v) is 8.92. The fraction of sp³-hybridized carbons (Fsp3) is 0.750. The third-order valence-corrected chi connectivity index (χ3v) is 3.72. The van der Waals surface area contributed by atoms with Crippen LogP contribution in [0.25, 0.3) is 0 Å². The van der Waals surface area contributed by atoms with Crippen LogP contribution in [0.3, 0.4) is 0 Å². The molecule has 0 bridgehead atoms. The normalized spacial score (nSPS) is 17.1. The third-order valence-electron chi connectivity index (χ3n) is 1.96. The number of hydrogen-bond acceptors (Lipinski definition) is 3. The lowest BCUT2D eigenvalue weighted by atomic mass is 10.4. The van der Waals surface area contributed by atoms with Crippen molar-refractivity contribution in [1.29, 1.82) is 0 Å². The minimum Gasteiger partial charge on any atom is -0.361 e. The van der Waals surface area contributed by atoms with Crippen LogP contribution in [0.4, 0.5) is 0 Å². The second kappa shape index (κ2) is 4.00. The predicted molar refractivity (Wildman–Crippen MR) is 52.3 cm³/mol. The first-order valence-corrected chi connectivity index (χ1v) is 6.05. The first-order chi connectivity index (χ1) is 6.06. The summed E-state index contributed by atoms with van der Waals surface area (Å²) in [5, 5.41) is 0. The van der Waals surface area contributed by atoms with Crippen molar-refractivity contribution in [2.75, 3.05) is 19.5 Å². The maximum absolute atomic E-state index is 11.6. The van der Waals surface area contributed by atoms with Crippen LogP contribution in [-0.2, 0) is 10.0 Å². The Hall–Kier alpha value is -0.710. The van der Waals surface area contributed by atoms with E-state index >= 15 is 0 Å². The van der Waals surface area contributed by atoms with E-state index in [1.54, 1.807) is 12.4 Å². The molecule has 4 nitrogen and oxygen atoms in total. The molecular weight excluding hydrogens is 188 g/mol. The third kappa shape index (κ3) is 2.62. The van der Waals surface area contributed by atoms with Gasteiger partial charge in [0.1, 0.15) is 6.67 Å². The average molecular weight is 204 g/mol. The number of sulfonamides is 1. The Balaban J connectivity index is 2.56. The van der Waals surface area contributed by atoms with Crippen molar-refractivity contribution in [2.45, 2.75) is 19.8 Å². The van der Waals surface area contributed by atoms with Crippen molar-refractivity contribution in [3.8, 4) is 0 Å². The van der Waals surface area contributed by atoms with Gasteiger partial charge in [0, 0.05) is 19.4 Å². The fourth-order valence-electron chi connectivity index (χ4n) is 1.13. The van der Waals surface area contributed by atoms with Crippen LogP contribution in [0, 0.1) is 0 Å². The number of hydrogen-bond donors (Lipinski definition) is 0. The van der Waals surface area contributed by atoms with Gasteiger partial charge in [-0.15, -0.1) is 0 Å². The predicted octanol–water partition coefficient (Wildman–Crippen LogP) is 0.792. The summed E-state index contributed by atoms with van der Waals surface area (Å²) in [6, 6.07) is 0. The molecule has 1 rings (SSSR count). The molecule has 76 valence electrons. The smallest absolute Gasteiger partial charge is 0.236 e. The Bertz CT molecular complexity index is 285. The van der Waals surface area contributed by atoms with Gasteiger partial charge < -0.3 is 4.90 Å². The molecular formula is C8H16N2O2S. The van der Waals surface area contributed by atoms with E-state index in [2.05, 4.69) is 0 Å². The lowest BCUT2D eigenvalue weighted by Gasteiger charge is -2.17. The van der Waals surface area contributed by atoms with Crippen LogP contribution in [0.15, 0.2) is 12.4 Å². The largest absolute Gasteiger partial charge is 0.361 e. The van der Waals surface area contributed by atoms with E-state index in [0.717, 1.165) is 12.8 Å². The highest BCUT2D eigenvalue weighted by atomic mass is 32.2. The van der Waals surface area contributed by atoms with Gasteiger partial charge in [0.25, 0.3) is 0 Å². The second-order valence-corrected chi connectivity index (χ2v) is 5.29. The quantitative estimate of drug-likeness (QED) is 0.680. The number of rotatable bonds is 4. The van der Waals surface area contributed by atoms with Gasteiger partial charge >= 0.3 is 0 Å². The molecule has 13 heavy (non-hydrogen) atoms. The van der Waals surface area contributed by atoms with Crippen LogP contribution in [-0.4, -0.2) is 37.1 Å². The van der Waals surface area contributed by atoms with E-state index in [9.17, 15) is 8.42 Å². The topological polar surface area (TPSA) is 40.6 Å². The Morgan fingerprint density at radius 3 is 2.54 bits per heavy atom. The SMILES string of the molecule is CCCCS(=O)(=O)N1C=CN(C)C1. The molecule has 0 saturated carbocycles. The van der Waals surface area contributed by atoms with E-state index in [4.69, 9.17) is 0 Å². The highest BCUT2D eigenvalue weighted by Crippen LogP contribution is 2.11. The summed E-state index contributed by atoms with van der Waals surface area (Å²) < 4.78 is 24.6. The van der Waals surface area contributed by atoms with Gasteiger partial charge in [-0.2, -0.15) is 0 Å². The summed E-state index contributed by atoms with van der Waals surface area (Å²) in [5.41, 5.74) is 0. The molecule has 0 aromatic heterocycles. The monoisotopic (exact) mass is 204 g/mol. The molecule has 0 amide bonds. The zero-order chi connectivity index (χ0) is 9.90. The lowest BCUT2D eigenvalue weighted by Crippen LogP contribution is -2.30. The number of unbranched alkanes of at least 4 members (excludes halogenated alkanes) is 1. The molecule has 0 N–H and O–H groups in total. The van der Waals surface area contributed by atoms with Crippen molar-refractivity contribution >= 4 is 10.0 Å². The van der Waals surface area contributed by atoms with Gasteiger partial charge in [-0.1, -0.05) is 13.3 Å². The van der Waals surface area contributed by atoms with E-state index in [1.165, 1.54) is 4.31 Å². The second-order valence-electron chi connectivity index (χ2n) is 3.25. The molecule has 0 fully saturated rings. The van der Waals surface area contributed by atoms with Gasteiger partial charge in [-0.25, -0.2) is 8.42 Å². The van der Waals surface area contributed by atoms with Crippen molar-refractivity contribution in [3.63, 3.8) is 0 Å². The van der Waals surface area contributed by atoms with E-state index in [-0.39, 0.29) is 5.75 Å². The van der Waals surface area contributed by atoms with Crippen LogP contribution in [0.2, 0.25) is 0 Å². The van der Waals surface area contributed by atoms with Crippen LogP contribution in [0.1, 0.15) is 19.8 Å². The first-order valence-electron chi connectivity index (χ1n) is 4.44. The Kier molecular flexibility index (Phi) is 3.19. The standard InChI is InChI=1S/C8H16N2O2S/c1-3-4-7-13(11,12)10-6-5-9(2)8-10/h5-6H,3-4,7-8H2,1-2H3. The molecule has 0 radical (unpaired) electrons. The molecule has 0 aliphatic carbocycles. The molecule has 0 spiro atoms. The molecule has 5 heteroatoms. The lowest BCUT2D eigenvalue weighted by molar-refractivity contribution is 0.385. The Morgan fingerprint density at radius 1 is 1.38 bits per heavy atom. The van der Waals surface area contributed by atoms with Gasteiger partial charge in [0.05, 0.1) is 5.75 Å². The highest BCUT2D eigenvalue weighted by molar-refractivity contribution is 7.89. The minimum absolute atomic E-state index is 0.252. The average Bonchev–Trinajstić information content (AvgIpc) is 2.49. The van der Waals surface area contributed by atoms with Gasteiger partial charge in [0.2, 0.25) is 10.0 Å². The molecule has 0 aromatic carbocycles. The fourth-order valence-corrected chi connectivity index (χ4v) is 2.61. The summed E-state index contributed by atoms with van der Waals surface area (Å²) in [5.74, 6) is 0.252. The summed E-state index contributed by atoms with van der Waals surface area (Å²) in [4.78, 5) is 1.84. The number of nitrogens with zero attached hydrogens (tertiary/aromatic N) is 2. The maximum Gasteiger partial charge on any atom is 0.236 e. The van der Waals surface area contributed by atoms with E-state index in [1.807, 2.05) is 18.9 Å². The molecule has 0 saturated heterocycles. The first kappa shape index (κ1) is 10.4. The van der Waals surface area contributed by atoms with Gasteiger partial charge in [-0.05, 0) is 6.42 Å². The van der Waals surface area contributed by atoms with E-state index in [0.29, 0.717) is 6.67 Å². The Labute approximate surface area is 79.9 Å². The van der Waals surface area contributed by atoms with Crippen molar-refractivity contribution in [3.05, 3.63) is 12.4 Å². The Morgan fingerprint density at radius 2 is 2.08 bits per heavy atom. The van der Waals surface area contributed by atoms with Crippen LogP contribution >= 0.6 is 0 Å². The van der Waals surface area contributed by atoms with Crippen molar-refractivity contribution in [1.82, 2.24) is 9.21 Å². The highest BCUT2D eigenvalue weighted by Gasteiger charge is 2.21. The van der Waals surface area contributed by atoms with Gasteiger partial charge in [0.15, 0.2) is 0 Å². The molecule has 0 atom stereocenters. The molecule has 0 unspecified atom stereocenters.